The van der Waals surface area contributed by atoms with Crippen LogP contribution in [0.3, 0.4) is 0 Å². The van der Waals surface area contributed by atoms with Crippen LogP contribution in [0.15, 0.2) is 29.3 Å². The van der Waals surface area contributed by atoms with E-state index in [1.807, 2.05) is 13.8 Å². The second-order valence-electron chi connectivity index (χ2n) is 8.56. The molecule has 0 aliphatic carbocycles. The van der Waals surface area contributed by atoms with Crippen LogP contribution < -0.4 is 10.1 Å². The lowest BCUT2D eigenvalue weighted by atomic mass is 9.74. The van der Waals surface area contributed by atoms with Gasteiger partial charge in [-0.1, -0.05) is 12.1 Å². The molecule has 2 fully saturated rings. The highest BCUT2D eigenvalue weighted by Gasteiger charge is 2.35. The van der Waals surface area contributed by atoms with Crippen molar-refractivity contribution in [1.82, 2.24) is 10.2 Å². The summed E-state index contributed by atoms with van der Waals surface area (Å²) in [5.74, 6) is 1.60. The molecule has 0 amide bonds. The Labute approximate surface area is 192 Å². The van der Waals surface area contributed by atoms with Crippen LogP contribution in [-0.4, -0.2) is 69.4 Å². The lowest BCUT2D eigenvalue weighted by molar-refractivity contribution is -0.149. The second kappa shape index (κ2) is 12.1. The predicted molar refractivity (Wildman–Crippen MR) is 126 cm³/mol. The van der Waals surface area contributed by atoms with Crippen molar-refractivity contribution in [2.75, 3.05) is 52.6 Å². The van der Waals surface area contributed by atoms with Gasteiger partial charge in [0.2, 0.25) is 0 Å². The van der Waals surface area contributed by atoms with Crippen LogP contribution in [0.1, 0.15) is 52.0 Å². The van der Waals surface area contributed by atoms with Gasteiger partial charge in [0.1, 0.15) is 5.75 Å². The van der Waals surface area contributed by atoms with E-state index in [1.54, 1.807) is 0 Å². The zero-order valence-corrected chi connectivity index (χ0v) is 19.9. The van der Waals surface area contributed by atoms with Gasteiger partial charge >= 0.3 is 5.97 Å². The summed E-state index contributed by atoms with van der Waals surface area (Å²) in [5.41, 5.74) is 1.23. The molecule has 1 aromatic carbocycles. The molecule has 3 rings (SSSR count). The zero-order valence-electron chi connectivity index (χ0n) is 19.9. The number of hydrogen-bond acceptors (Lipinski definition) is 5. The van der Waals surface area contributed by atoms with Crippen LogP contribution in [0.4, 0.5) is 0 Å². The number of benzene rings is 1. The highest BCUT2D eigenvalue weighted by atomic mass is 16.5. The van der Waals surface area contributed by atoms with Crippen molar-refractivity contribution in [3.63, 3.8) is 0 Å². The number of nitrogens with zero attached hydrogens (tertiary/aromatic N) is 2. The van der Waals surface area contributed by atoms with E-state index in [9.17, 15) is 4.79 Å². The minimum Gasteiger partial charge on any atom is -0.494 e. The monoisotopic (exact) mass is 445 g/mol. The van der Waals surface area contributed by atoms with Gasteiger partial charge in [-0.3, -0.25) is 9.79 Å². The number of nitrogens with one attached hydrogen (secondary N) is 1. The van der Waals surface area contributed by atoms with Gasteiger partial charge in [0.25, 0.3) is 0 Å². The summed E-state index contributed by atoms with van der Waals surface area (Å²) in [4.78, 5) is 19.6. The van der Waals surface area contributed by atoms with Gasteiger partial charge in [0, 0.05) is 38.3 Å². The Morgan fingerprint density at radius 3 is 2.59 bits per heavy atom. The molecule has 0 bridgehead atoms. The quantitative estimate of drug-likeness (QED) is 0.376. The van der Waals surface area contributed by atoms with E-state index < -0.39 is 0 Å². The molecular weight excluding hydrogens is 406 g/mol. The van der Waals surface area contributed by atoms with Crippen molar-refractivity contribution in [3.8, 4) is 5.75 Å². The standard InChI is InChI=1S/C25H39N3O4/c1-4-26-24(28-15-7-8-20(18-28)23(29)32-6-3)27-19-25(13-16-30-17-14-25)21-9-11-22(12-10-21)31-5-2/h9-12,20H,4-8,13-19H2,1-3H3,(H,26,27). The molecule has 2 heterocycles. The van der Waals surface area contributed by atoms with Crippen LogP contribution in [0, 0.1) is 5.92 Å². The SMILES string of the molecule is CCNC(=NCC1(c2ccc(OCC)cc2)CCOCC1)N1CCCC(C(=O)OCC)C1. The predicted octanol–water partition coefficient (Wildman–Crippen LogP) is 3.37. The first-order valence-corrected chi connectivity index (χ1v) is 12.1. The number of guanidine groups is 1. The summed E-state index contributed by atoms with van der Waals surface area (Å²) < 4.78 is 16.6. The molecular formula is C25H39N3O4. The summed E-state index contributed by atoms with van der Waals surface area (Å²) in [6.07, 6.45) is 3.72. The van der Waals surface area contributed by atoms with Crippen molar-refractivity contribution >= 4 is 11.9 Å². The summed E-state index contributed by atoms with van der Waals surface area (Å²) >= 11 is 0. The highest BCUT2D eigenvalue weighted by Crippen LogP contribution is 2.36. The first-order valence-electron chi connectivity index (χ1n) is 12.1. The van der Waals surface area contributed by atoms with Crippen molar-refractivity contribution < 1.29 is 19.0 Å². The van der Waals surface area contributed by atoms with Crippen LogP contribution in [0.2, 0.25) is 0 Å². The Bertz CT molecular complexity index is 744. The van der Waals surface area contributed by atoms with E-state index in [0.717, 1.165) is 63.7 Å². The molecule has 7 heteroatoms. The van der Waals surface area contributed by atoms with Crippen molar-refractivity contribution in [2.24, 2.45) is 10.9 Å². The first-order chi connectivity index (χ1) is 15.6. The average Bonchev–Trinajstić information content (AvgIpc) is 2.83. The zero-order chi connectivity index (χ0) is 22.8. The number of ether oxygens (including phenoxy) is 3. The van der Waals surface area contributed by atoms with E-state index in [-0.39, 0.29) is 17.3 Å². The molecule has 178 valence electrons. The minimum atomic E-state index is -0.0941. The summed E-state index contributed by atoms with van der Waals surface area (Å²) in [6, 6.07) is 8.46. The Morgan fingerprint density at radius 1 is 1.19 bits per heavy atom. The Balaban J connectivity index is 1.79. The molecule has 0 aromatic heterocycles. The number of carbonyl (C=O) groups excluding carboxylic acids is 1. The number of likely N-dealkylation sites (tertiary alicyclic amines) is 1. The number of esters is 1. The molecule has 1 N–H and O–H groups in total. The van der Waals surface area contributed by atoms with Gasteiger partial charge in [0.05, 0.1) is 25.7 Å². The molecule has 0 radical (unpaired) electrons. The molecule has 1 unspecified atom stereocenters. The van der Waals surface area contributed by atoms with Crippen LogP contribution >= 0.6 is 0 Å². The normalized spacial score (nSPS) is 21.2. The largest absolute Gasteiger partial charge is 0.494 e. The van der Waals surface area contributed by atoms with Gasteiger partial charge in [-0.15, -0.1) is 0 Å². The van der Waals surface area contributed by atoms with Crippen LogP contribution in [0.5, 0.6) is 5.75 Å². The van der Waals surface area contributed by atoms with Crippen LogP contribution in [-0.2, 0) is 19.7 Å². The molecule has 2 aliphatic rings. The lowest BCUT2D eigenvalue weighted by Gasteiger charge is -2.38. The fourth-order valence-electron chi connectivity index (χ4n) is 4.65. The Morgan fingerprint density at radius 2 is 1.94 bits per heavy atom. The fourth-order valence-corrected chi connectivity index (χ4v) is 4.65. The Kier molecular flexibility index (Phi) is 9.21. The molecule has 2 aliphatic heterocycles. The maximum absolute atomic E-state index is 12.3. The minimum absolute atomic E-state index is 0.0556. The third kappa shape index (κ3) is 6.15. The second-order valence-corrected chi connectivity index (χ2v) is 8.56. The van der Waals surface area contributed by atoms with E-state index in [2.05, 4.69) is 41.4 Å². The molecule has 1 atom stereocenters. The maximum atomic E-state index is 12.3. The van der Waals surface area contributed by atoms with E-state index >= 15 is 0 Å². The van der Waals surface area contributed by atoms with E-state index in [0.29, 0.717) is 26.3 Å². The van der Waals surface area contributed by atoms with Gasteiger partial charge in [-0.25, -0.2) is 0 Å². The highest BCUT2D eigenvalue weighted by molar-refractivity contribution is 5.81. The number of hydrogen-bond donors (Lipinski definition) is 1. The number of carbonyl (C=O) groups is 1. The van der Waals surface area contributed by atoms with Crippen molar-refractivity contribution in [3.05, 3.63) is 29.8 Å². The first kappa shape index (κ1) is 24.4. The summed E-state index contributed by atoms with van der Waals surface area (Å²) in [7, 11) is 0. The number of aliphatic imine (C=N–C) groups is 1. The number of rotatable bonds is 8. The third-order valence-electron chi connectivity index (χ3n) is 6.43. The molecule has 0 spiro atoms. The van der Waals surface area contributed by atoms with E-state index in [4.69, 9.17) is 19.2 Å². The summed E-state index contributed by atoms with van der Waals surface area (Å²) in [5, 5.41) is 3.45. The van der Waals surface area contributed by atoms with Gasteiger partial charge < -0.3 is 24.4 Å². The van der Waals surface area contributed by atoms with E-state index in [1.165, 1.54) is 5.56 Å². The van der Waals surface area contributed by atoms with Crippen molar-refractivity contribution in [2.45, 2.75) is 51.9 Å². The molecule has 1 aromatic rings. The van der Waals surface area contributed by atoms with Gasteiger partial charge in [-0.2, -0.15) is 0 Å². The van der Waals surface area contributed by atoms with Gasteiger partial charge in [0.15, 0.2) is 5.96 Å². The maximum Gasteiger partial charge on any atom is 0.310 e. The smallest absolute Gasteiger partial charge is 0.310 e. The van der Waals surface area contributed by atoms with Gasteiger partial charge in [-0.05, 0) is 64.2 Å². The molecule has 2 saturated heterocycles. The molecule has 0 saturated carbocycles. The topological polar surface area (TPSA) is 72.4 Å². The number of piperidine rings is 1. The van der Waals surface area contributed by atoms with Crippen molar-refractivity contribution in [1.29, 1.82) is 0 Å². The lowest BCUT2D eigenvalue weighted by Crippen LogP contribution is -2.49. The third-order valence-corrected chi connectivity index (χ3v) is 6.43. The molecule has 7 nitrogen and oxygen atoms in total. The molecule has 32 heavy (non-hydrogen) atoms. The Hall–Kier alpha value is -2.28. The average molecular weight is 446 g/mol. The summed E-state index contributed by atoms with van der Waals surface area (Å²) in [6.45, 7) is 11.6. The van der Waals surface area contributed by atoms with Crippen LogP contribution in [0.25, 0.3) is 0 Å². The fraction of sp³-hybridized carbons (Fsp3) is 0.680.